The number of aryl methyl sites for hydroxylation is 1. The number of nitrogens with one attached hydrogen (secondary N) is 1. The van der Waals surface area contributed by atoms with Crippen LogP contribution < -0.4 is 5.32 Å². The first-order chi connectivity index (χ1) is 8.61. The summed E-state index contributed by atoms with van der Waals surface area (Å²) < 4.78 is 13.9. The van der Waals surface area contributed by atoms with E-state index >= 15 is 0 Å². The third kappa shape index (κ3) is 2.96. The molecule has 0 aliphatic heterocycles. The van der Waals surface area contributed by atoms with Crippen LogP contribution in [0, 0.1) is 12.7 Å². The molecule has 0 radical (unpaired) electrons. The molecule has 1 N–H and O–H groups in total. The molecule has 1 aromatic carbocycles. The highest BCUT2D eigenvalue weighted by Crippen LogP contribution is 2.30. The standard InChI is InChI=1S/C13H14BrFN2S/c1-3-16-12(13-17-8(2)7-18-13)10-5-4-9(15)6-11(10)14/h4-7,12,16H,3H2,1-2H3. The molecule has 5 heteroatoms. The van der Waals surface area contributed by atoms with Gasteiger partial charge in [0.05, 0.1) is 6.04 Å². The summed E-state index contributed by atoms with van der Waals surface area (Å²) in [5.41, 5.74) is 2.02. The quantitative estimate of drug-likeness (QED) is 0.915. The second-order valence-corrected chi connectivity index (χ2v) is 5.73. The van der Waals surface area contributed by atoms with Gasteiger partial charge in [-0.25, -0.2) is 9.37 Å². The molecule has 2 nitrogen and oxygen atoms in total. The predicted molar refractivity (Wildman–Crippen MR) is 76.5 cm³/mol. The molecule has 96 valence electrons. The van der Waals surface area contributed by atoms with Gasteiger partial charge in [0.15, 0.2) is 0 Å². The highest BCUT2D eigenvalue weighted by Gasteiger charge is 2.19. The molecule has 0 amide bonds. The van der Waals surface area contributed by atoms with Crippen LogP contribution in [0.3, 0.4) is 0 Å². The molecular weight excluding hydrogens is 315 g/mol. The lowest BCUT2D eigenvalue weighted by Crippen LogP contribution is -2.22. The van der Waals surface area contributed by atoms with Crippen molar-refractivity contribution in [1.82, 2.24) is 10.3 Å². The highest BCUT2D eigenvalue weighted by atomic mass is 79.9. The summed E-state index contributed by atoms with van der Waals surface area (Å²) in [6.45, 7) is 4.85. The van der Waals surface area contributed by atoms with Gasteiger partial charge >= 0.3 is 0 Å². The Morgan fingerprint density at radius 1 is 1.50 bits per heavy atom. The molecule has 1 aromatic heterocycles. The van der Waals surface area contributed by atoms with E-state index in [0.717, 1.165) is 27.3 Å². The molecule has 0 spiro atoms. The van der Waals surface area contributed by atoms with Gasteiger partial charge in [-0.1, -0.05) is 28.9 Å². The monoisotopic (exact) mass is 328 g/mol. The molecule has 0 aliphatic carbocycles. The van der Waals surface area contributed by atoms with Gasteiger partial charge in [0.25, 0.3) is 0 Å². The minimum atomic E-state index is -0.240. The molecule has 0 bridgehead atoms. The Morgan fingerprint density at radius 2 is 2.28 bits per heavy atom. The van der Waals surface area contributed by atoms with Crippen molar-refractivity contribution >= 4 is 27.3 Å². The van der Waals surface area contributed by atoms with Crippen molar-refractivity contribution < 1.29 is 4.39 Å². The van der Waals surface area contributed by atoms with E-state index in [9.17, 15) is 4.39 Å². The van der Waals surface area contributed by atoms with E-state index in [1.807, 2.05) is 19.2 Å². The Kier molecular flexibility index (Phi) is 4.48. The summed E-state index contributed by atoms with van der Waals surface area (Å²) in [6.07, 6.45) is 0. The Balaban J connectivity index is 2.41. The van der Waals surface area contributed by atoms with Crippen LogP contribution in [0.5, 0.6) is 0 Å². The van der Waals surface area contributed by atoms with E-state index in [1.54, 1.807) is 17.4 Å². The van der Waals surface area contributed by atoms with Gasteiger partial charge in [-0.2, -0.15) is 0 Å². The molecule has 1 unspecified atom stereocenters. The third-order valence-corrected chi connectivity index (χ3v) is 4.28. The number of nitrogens with zero attached hydrogens (tertiary/aromatic N) is 1. The van der Waals surface area contributed by atoms with Crippen LogP contribution in [0.15, 0.2) is 28.1 Å². The van der Waals surface area contributed by atoms with Crippen LogP contribution in [-0.4, -0.2) is 11.5 Å². The molecule has 0 fully saturated rings. The summed E-state index contributed by atoms with van der Waals surface area (Å²) >= 11 is 5.04. The minimum absolute atomic E-state index is 0.00340. The maximum absolute atomic E-state index is 13.1. The number of halogens is 2. The van der Waals surface area contributed by atoms with Gasteiger partial charge in [0.1, 0.15) is 10.8 Å². The van der Waals surface area contributed by atoms with E-state index in [-0.39, 0.29) is 11.9 Å². The van der Waals surface area contributed by atoms with E-state index in [2.05, 4.69) is 26.2 Å². The lowest BCUT2D eigenvalue weighted by molar-refractivity contribution is 0.609. The molecule has 18 heavy (non-hydrogen) atoms. The van der Waals surface area contributed by atoms with Crippen LogP contribution in [0.2, 0.25) is 0 Å². The zero-order valence-corrected chi connectivity index (χ0v) is 12.6. The number of rotatable bonds is 4. The fourth-order valence-electron chi connectivity index (χ4n) is 1.77. The molecule has 2 rings (SSSR count). The molecule has 2 aromatic rings. The third-order valence-electron chi connectivity index (χ3n) is 2.57. The summed E-state index contributed by atoms with van der Waals surface area (Å²) in [6, 6.07) is 4.76. The number of thiazole rings is 1. The van der Waals surface area contributed by atoms with Crippen molar-refractivity contribution in [2.75, 3.05) is 6.54 Å². The van der Waals surface area contributed by atoms with Crippen LogP contribution in [0.25, 0.3) is 0 Å². The number of hydrogen-bond donors (Lipinski definition) is 1. The summed E-state index contributed by atoms with van der Waals surface area (Å²) in [4.78, 5) is 4.51. The van der Waals surface area contributed by atoms with Crippen molar-refractivity contribution in [3.8, 4) is 0 Å². The van der Waals surface area contributed by atoms with Gasteiger partial charge in [-0.05, 0) is 31.2 Å². The lowest BCUT2D eigenvalue weighted by Gasteiger charge is -2.17. The van der Waals surface area contributed by atoms with E-state index in [4.69, 9.17) is 0 Å². The lowest BCUT2D eigenvalue weighted by atomic mass is 10.1. The van der Waals surface area contributed by atoms with Gasteiger partial charge in [-0.3, -0.25) is 0 Å². The van der Waals surface area contributed by atoms with E-state index in [0.29, 0.717) is 0 Å². The first-order valence-electron chi connectivity index (χ1n) is 5.72. The minimum Gasteiger partial charge on any atom is -0.305 e. The van der Waals surface area contributed by atoms with Crippen LogP contribution in [-0.2, 0) is 0 Å². The fourth-order valence-corrected chi connectivity index (χ4v) is 3.24. The number of benzene rings is 1. The zero-order valence-electron chi connectivity index (χ0n) is 10.2. The molecule has 0 saturated carbocycles. The van der Waals surface area contributed by atoms with Gasteiger partial charge in [0, 0.05) is 15.5 Å². The topological polar surface area (TPSA) is 24.9 Å². The van der Waals surface area contributed by atoms with Crippen LogP contribution in [0.1, 0.15) is 29.2 Å². The van der Waals surface area contributed by atoms with Crippen LogP contribution in [0.4, 0.5) is 4.39 Å². The zero-order chi connectivity index (χ0) is 13.1. The fraction of sp³-hybridized carbons (Fsp3) is 0.308. The number of hydrogen-bond acceptors (Lipinski definition) is 3. The SMILES string of the molecule is CCNC(c1nc(C)cs1)c1ccc(F)cc1Br. The molecule has 0 aliphatic rings. The molecule has 1 atom stereocenters. The van der Waals surface area contributed by atoms with E-state index in [1.165, 1.54) is 12.1 Å². The molecule has 1 heterocycles. The normalized spacial score (nSPS) is 12.7. The van der Waals surface area contributed by atoms with Crippen molar-refractivity contribution in [2.45, 2.75) is 19.9 Å². The summed E-state index contributed by atoms with van der Waals surface area (Å²) in [5, 5.41) is 6.41. The van der Waals surface area contributed by atoms with E-state index < -0.39 is 0 Å². The van der Waals surface area contributed by atoms with Gasteiger partial charge in [0.2, 0.25) is 0 Å². The Morgan fingerprint density at radius 3 is 2.83 bits per heavy atom. The Hall–Kier alpha value is -0.780. The summed E-state index contributed by atoms with van der Waals surface area (Å²) in [7, 11) is 0. The Labute approximate surface area is 118 Å². The first kappa shape index (κ1) is 13.6. The first-order valence-corrected chi connectivity index (χ1v) is 7.39. The highest BCUT2D eigenvalue weighted by molar-refractivity contribution is 9.10. The van der Waals surface area contributed by atoms with Gasteiger partial charge in [-0.15, -0.1) is 11.3 Å². The average Bonchev–Trinajstić information content (AvgIpc) is 2.73. The largest absolute Gasteiger partial charge is 0.305 e. The molecular formula is C13H14BrFN2S. The smallest absolute Gasteiger partial charge is 0.124 e. The number of aromatic nitrogens is 1. The second kappa shape index (κ2) is 5.91. The molecule has 0 saturated heterocycles. The Bertz CT molecular complexity index is 542. The van der Waals surface area contributed by atoms with Crippen LogP contribution >= 0.6 is 27.3 Å². The maximum Gasteiger partial charge on any atom is 0.124 e. The van der Waals surface area contributed by atoms with Crippen molar-refractivity contribution in [1.29, 1.82) is 0 Å². The van der Waals surface area contributed by atoms with Crippen molar-refractivity contribution in [3.05, 3.63) is 50.1 Å². The summed E-state index contributed by atoms with van der Waals surface area (Å²) in [5.74, 6) is -0.240. The van der Waals surface area contributed by atoms with Crippen molar-refractivity contribution in [2.24, 2.45) is 0 Å². The predicted octanol–water partition coefficient (Wildman–Crippen LogP) is 4.05. The van der Waals surface area contributed by atoms with Crippen molar-refractivity contribution in [3.63, 3.8) is 0 Å². The average molecular weight is 329 g/mol. The second-order valence-electron chi connectivity index (χ2n) is 3.98. The van der Waals surface area contributed by atoms with Gasteiger partial charge < -0.3 is 5.32 Å². The maximum atomic E-state index is 13.1.